The Hall–Kier alpha value is -2.73. The predicted octanol–water partition coefficient (Wildman–Crippen LogP) is 4.23. The van der Waals surface area contributed by atoms with Gasteiger partial charge in [0.05, 0.1) is 0 Å². The van der Waals surface area contributed by atoms with Crippen molar-refractivity contribution in [2.75, 3.05) is 26.2 Å². The van der Waals surface area contributed by atoms with Gasteiger partial charge in [0.25, 0.3) is 5.91 Å². The molecule has 2 fully saturated rings. The van der Waals surface area contributed by atoms with Gasteiger partial charge in [-0.05, 0) is 73.5 Å². The van der Waals surface area contributed by atoms with E-state index in [1.54, 1.807) is 4.90 Å². The smallest absolute Gasteiger partial charge is 0.253 e. The highest BCUT2D eigenvalue weighted by molar-refractivity contribution is 5.94. The Labute approximate surface area is 196 Å². The summed E-state index contributed by atoms with van der Waals surface area (Å²) in [6, 6.07) is 14.2. The van der Waals surface area contributed by atoms with Gasteiger partial charge >= 0.3 is 0 Å². The van der Waals surface area contributed by atoms with Gasteiger partial charge in [-0.25, -0.2) is 4.39 Å². The fourth-order valence-electron chi connectivity index (χ4n) is 4.90. The number of nitrogens with one attached hydrogen (secondary N) is 1. The molecule has 2 amide bonds. The number of piperidine rings is 2. The average Bonchev–Trinajstić information content (AvgIpc) is 2.83. The second-order valence-electron chi connectivity index (χ2n) is 9.59. The van der Waals surface area contributed by atoms with E-state index in [9.17, 15) is 14.0 Å². The molecular formula is C27H34FN3O2. The first kappa shape index (κ1) is 23.4. The number of likely N-dealkylation sites (tertiary alicyclic amines) is 2. The quantitative estimate of drug-likeness (QED) is 0.715. The van der Waals surface area contributed by atoms with Crippen LogP contribution in [0.5, 0.6) is 0 Å². The van der Waals surface area contributed by atoms with Crippen molar-refractivity contribution >= 4 is 11.8 Å². The Morgan fingerprint density at radius 1 is 0.939 bits per heavy atom. The highest BCUT2D eigenvalue weighted by atomic mass is 19.1. The summed E-state index contributed by atoms with van der Waals surface area (Å²) in [5.74, 6) is 0.292. The molecule has 0 radical (unpaired) electrons. The zero-order chi connectivity index (χ0) is 23.2. The average molecular weight is 452 g/mol. The van der Waals surface area contributed by atoms with E-state index in [4.69, 9.17) is 0 Å². The van der Waals surface area contributed by atoms with Crippen LogP contribution >= 0.6 is 0 Å². The summed E-state index contributed by atoms with van der Waals surface area (Å²) < 4.78 is 13.1. The Morgan fingerprint density at radius 3 is 2.27 bits per heavy atom. The second-order valence-corrected chi connectivity index (χ2v) is 9.59. The van der Waals surface area contributed by atoms with E-state index < -0.39 is 0 Å². The molecule has 33 heavy (non-hydrogen) atoms. The third-order valence-electron chi connectivity index (χ3n) is 6.88. The van der Waals surface area contributed by atoms with Crippen LogP contribution in [0.4, 0.5) is 4.39 Å². The van der Waals surface area contributed by atoms with Crippen molar-refractivity contribution in [2.45, 2.75) is 45.7 Å². The van der Waals surface area contributed by atoms with Gasteiger partial charge in [-0.3, -0.25) is 14.5 Å². The molecule has 176 valence electrons. The fourth-order valence-corrected chi connectivity index (χ4v) is 4.90. The van der Waals surface area contributed by atoms with E-state index in [2.05, 4.69) is 41.4 Å². The van der Waals surface area contributed by atoms with Crippen LogP contribution in [-0.4, -0.2) is 47.8 Å². The minimum Gasteiger partial charge on any atom is -0.352 e. The molecular weight excluding hydrogens is 417 g/mol. The molecule has 2 saturated heterocycles. The number of hydrogen-bond acceptors (Lipinski definition) is 3. The molecule has 2 aromatic carbocycles. The summed E-state index contributed by atoms with van der Waals surface area (Å²) in [6.45, 7) is 7.27. The maximum Gasteiger partial charge on any atom is 0.253 e. The van der Waals surface area contributed by atoms with Crippen LogP contribution in [0, 0.1) is 17.7 Å². The standard InChI is InChI=1S/C27H34FN3O2/c1-20-3-2-14-30(18-20)19-22-6-4-21(5-7-22)17-29-26(32)23-12-15-31(16-13-23)27(33)24-8-10-25(28)11-9-24/h4-11,20,23H,2-3,12-19H2,1H3,(H,29,32). The Bertz CT molecular complexity index is 937. The summed E-state index contributed by atoms with van der Waals surface area (Å²) in [4.78, 5) is 29.5. The summed E-state index contributed by atoms with van der Waals surface area (Å²) in [5, 5.41) is 3.06. The van der Waals surface area contributed by atoms with Crippen molar-refractivity contribution in [3.63, 3.8) is 0 Å². The Balaban J connectivity index is 1.20. The molecule has 0 spiro atoms. The summed E-state index contributed by atoms with van der Waals surface area (Å²) in [7, 11) is 0. The van der Waals surface area contributed by atoms with Crippen LogP contribution in [-0.2, 0) is 17.9 Å². The van der Waals surface area contributed by atoms with E-state index in [-0.39, 0.29) is 23.5 Å². The number of rotatable bonds is 6. The lowest BCUT2D eigenvalue weighted by atomic mass is 9.95. The van der Waals surface area contributed by atoms with E-state index in [0.717, 1.165) is 18.0 Å². The molecule has 0 aromatic heterocycles. The largest absolute Gasteiger partial charge is 0.352 e. The van der Waals surface area contributed by atoms with Gasteiger partial charge in [0, 0.05) is 44.2 Å². The number of benzene rings is 2. The summed E-state index contributed by atoms with van der Waals surface area (Å²) in [6.07, 6.45) is 3.90. The second kappa shape index (κ2) is 10.9. The van der Waals surface area contributed by atoms with Crippen LogP contribution in [0.15, 0.2) is 48.5 Å². The third kappa shape index (κ3) is 6.41. The van der Waals surface area contributed by atoms with Crippen molar-refractivity contribution in [1.29, 1.82) is 0 Å². The molecule has 2 heterocycles. The molecule has 0 aliphatic carbocycles. The number of nitrogens with zero attached hydrogens (tertiary/aromatic N) is 2. The van der Waals surface area contributed by atoms with Crippen molar-refractivity contribution in [3.8, 4) is 0 Å². The molecule has 4 rings (SSSR count). The maximum absolute atomic E-state index is 13.1. The first-order valence-corrected chi connectivity index (χ1v) is 12.1. The van der Waals surface area contributed by atoms with Crippen LogP contribution in [0.1, 0.15) is 54.1 Å². The molecule has 6 heteroatoms. The van der Waals surface area contributed by atoms with Gasteiger partial charge in [-0.1, -0.05) is 31.2 Å². The van der Waals surface area contributed by atoms with Crippen molar-refractivity contribution in [2.24, 2.45) is 11.8 Å². The molecule has 0 bridgehead atoms. The highest BCUT2D eigenvalue weighted by Crippen LogP contribution is 2.20. The fraction of sp³-hybridized carbons (Fsp3) is 0.481. The number of carbonyl (C=O) groups excluding carboxylic acids is 2. The van der Waals surface area contributed by atoms with E-state index >= 15 is 0 Å². The third-order valence-corrected chi connectivity index (χ3v) is 6.88. The monoisotopic (exact) mass is 451 g/mol. The van der Waals surface area contributed by atoms with E-state index in [1.807, 2.05) is 0 Å². The summed E-state index contributed by atoms with van der Waals surface area (Å²) >= 11 is 0. The predicted molar refractivity (Wildman–Crippen MR) is 127 cm³/mol. The zero-order valence-corrected chi connectivity index (χ0v) is 19.4. The molecule has 0 saturated carbocycles. The maximum atomic E-state index is 13.1. The van der Waals surface area contributed by atoms with Crippen LogP contribution < -0.4 is 5.32 Å². The number of hydrogen-bond donors (Lipinski definition) is 1. The summed E-state index contributed by atoms with van der Waals surface area (Å²) in [5.41, 5.74) is 2.90. The van der Waals surface area contributed by atoms with Gasteiger partial charge in [0.1, 0.15) is 5.82 Å². The van der Waals surface area contributed by atoms with Gasteiger partial charge in [0.2, 0.25) is 5.91 Å². The molecule has 2 aliphatic rings. The molecule has 1 atom stereocenters. The number of carbonyl (C=O) groups is 2. The van der Waals surface area contributed by atoms with E-state index in [0.29, 0.717) is 38.0 Å². The minimum atomic E-state index is -0.354. The lowest BCUT2D eigenvalue weighted by molar-refractivity contribution is -0.126. The van der Waals surface area contributed by atoms with Crippen LogP contribution in [0.25, 0.3) is 0 Å². The van der Waals surface area contributed by atoms with Crippen molar-refractivity contribution in [1.82, 2.24) is 15.1 Å². The molecule has 2 aliphatic heterocycles. The first-order chi connectivity index (χ1) is 16.0. The minimum absolute atomic E-state index is 0.0512. The van der Waals surface area contributed by atoms with Crippen molar-refractivity contribution in [3.05, 3.63) is 71.0 Å². The van der Waals surface area contributed by atoms with E-state index in [1.165, 1.54) is 55.8 Å². The van der Waals surface area contributed by atoms with Gasteiger partial charge in [-0.15, -0.1) is 0 Å². The topological polar surface area (TPSA) is 52.7 Å². The van der Waals surface area contributed by atoms with Gasteiger partial charge in [-0.2, -0.15) is 0 Å². The van der Waals surface area contributed by atoms with Crippen LogP contribution in [0.2, 0.25) is 0 Å². The Kier molecular flexibility index (Phi) is 7.76. The highest BCUT2D eigenvalue weighted by Gasteiger charge is 2.27. The molecule has 5 nitrogen and oxygen atoms in total. The first-order valence-electron chi connectivity index (χ1n) is 12.1. The number of amides is 2. The molecule has 1 unspecified atom stereocenters. The normalized spacial score (nSPS) is 19.9. The molecule has 2 aromatic rings. The van der Waals surface area contributed by atoms with Gasteiger partial charge in [0.15, 0.2) is 0 Å². The van der Waals surface area contributed by atoms with Crippen molar-refractivity contribution < 1.29 is 14.0 Å². The van der Waals surface area contributed by atoms with Gasteiger partial charge < -0.3 is 10.2 Å². The SMILES string of the molecule is CC1CCCN(Cc2ccc(CNC(=O)C3CCN(C(=O)c4ccc(F)cc4)CC3)cc2)C1. The number of halogens is 1. The molecule has 1 N–H and O–H groups in total. The van der Waals surface area contributed by atoms with Crippen LogP contribution in [0.3, 0.4) is 0 Å². The lowest BCUT2D eigenvalue weighted by Crippen LogP contribution is -2.42. The zero-order valence-electron chi connectivity index (χ0n) is 19.4. The lowest BCUT2D eigenvalue weighted by Gasteiger charge is -2.31. The Morgan fingerprint density at radius 2 is 1.61 bits per heavy atom.